The van der Waals surface area contributed by atoms with Crippen LogP contribution in [0.15, 0.2) is 30.3 Å². The van der Waals surface area contributed by atoms with Crippen LogP contribution in [-0.2, 0) is 0 Å². The van der Waals surface area contributed by atoms with Gasteiger partial charge in [0.2, 0.25) is 0 Å². The summed E-state index contributed by atoms with van der Waals surface area (Å²) in [6.07, 6.45) is 2.27. The van der Waals surface area contributed by atoms with Crippen LogP contribution in [0.2, 0.25) is 5.02 Å². The van der Waals surface area contributed by atoms with Gasteiger partial charge in [0.25, 0.3) is 0 Å². The second kappa shape index (κ2) is 4.00. The highest BCUT2D eigenvalue weighted by atomic mass is 35.5. The molecular weight excluding hydrogens is 198 g/mol. The van der Waals surface area contributed by atoms with Crippen LogP contribution in [0, 0.1) is 0 Å². The average Bonchev–Trinajstić information content (AvgIpc) is 2.67. The number of hydrogen-bond acceptors (Lipinski definition) is 3. The molecule has 2 rings (SSSR count). The van der Waals surface area contributed by atoms with Crippen molar-refractivity contribution >= 4 is 17.3 Å². The maximum atomic E-state index is 5.81. The van der Waals surface area contributed by atoms with E-state index in [1.807, 2.05) is 31.3 Å². The molecule has 3 nitrogen and oxygen atoms in total. The van der Waals surface area contributed by atoms with Gasteiger partial charge in [-0.2, -0.15) is 0 Å². The topological polar surface area (TPSA) is 36.1 Å². The van der Waals surface area contributed by atoms with Gasteiger partial charge >= 0.3 is 0 Å². The van der Waals surface area contributed by atoms with E-state index >= 15 is 0 Å². The van der Waals surface area contributed by atoms with E-state index in [4.69, 9.17) is 11.6 Å². The number of benzene rings is 1. The summed E-state index contributed by atoms with van der Waals surface area (Å²) in [5.41, 5.74) is 8.38. The summed E-state index contributed by atoms with van der Waals surface area (Å²) >= 11 is 5.81. The Morgan fingerprint density at radius 3 is 2.57 bits per heavy atom. The van der Waals surface area contributed by atoms with Crippen LogP contribution in [0.3, 0.4) is 0 Å². The van der Waals surface area contributed by atoms with E-state index < -0.39 is 0 Å². The Kier molecular flexibility index (Phi) is 2.72. The summed E-state index contributed by atoms with van der Waals surface area (Å²) in [6.45, 7) is 0. The third-order valence-electron chi connectivity index (χ3n) is 2.16. The molecule has 74 valence electrons. The van der Waals surface area contributed by atoms with Crippen LogP contribution in [0.1, 0.15) is 5.56 Å². The third-order valence-corrected chi connectivity index (χ3v) is 2.41. The summed E-state index contributed by atoms with van der Waals surface area (Å²) in [5.74, 6) is 0. The highest BCUT2D eigenvalue weighted by Gasteiger charge is 2.12. The molecule has 14 heavy (non-hydrogen) atoms. The van der Waals surface area contributed by atoms with Gasteiger partial charge < -0.3 is 10.7 Å². The van der Waals surface area contributed by atoms with Crippen molar-refractivity contribution in [3.63, 3.8) is 0 Å². The molecule has 0 saturated carbocycles. The summed E-state index contributed by atoms with van der Waals surface area (Å²) in [6, 6.07) is 7.74. The van der Waals surface area contributed by atoms with Gasteiger partial charge in [-0.3, -0.25) is 0 Å². The van der Waals surface area contributed by atoms with Crippen molar-refractivity contribution in [3.8, 4) is 0 Å². The molecule has 0 amide bonds. The third kappa shape index (κ3) is 1.90. The van der Waals surface area contributed by atoms with Crippen molar-refractivity contribution in [1.82, 2.24) is 16.2 Å². The minimum absolute atomic E-state index is 0.181. The first-order chi connectivity index (χ1) is 6.79. The van der Waals surface area contributed by atoms with Gasteiger partial charge in [0.05, 0.1) is 11.9 Å². The zero-order valence-electron chi connectivity index (χ0n) is 7.84. The number of hydrazine groups is 1. The van der Waals surface area contributed by atoms with Crippen molar-refractivity contribution in [2.24, 2.45) is 0 Å². The first kappa shape index (κ1) is 9.52. The van der Waals surface area contributed by atoms with Crippen molar-refractivity contribution in [2.45, 2.75) is 6.17 Å². The lowest BCUT2D eigenvalue weighted by molar-refractivity contribution is 0.532. The molecule has 0 bridgehead atoms. The smallest absolute Gasteiger partial charge is 0.0958 e. The molecule has 4 heteroatoms. The van der Waals surface area contributed by atoms with E-state index in [9.17, 15) is 0 Å². The standard InChI is InChI=1S/C10H12ClN3/c1-12-10-6-9(13-14-10)7-2-4-8(11)5-3-7/h2-6,10,12-14H,1H3. The number of hydrogen-bond donors (Lipinski definition) is 3. The van der Waals surface area contributed by atoms with E-state index in [0.29, 0.717) is 0 Å². The van der Waals surface area contributed by atoms with Gasteiger partial charge in [0, 0.05) is 5.02 Å². The van der Waals surface area contributed by atoms with Gasteiger partial charge in [0.15, 0.2) is 0 Å². The number of nitrogens with one attached hydrogen (secondary N) is 3. The normalized spacial score (nSPS) is 20.4. The molecule has 3 N–H and O–H groups in total. The summed E-state index contributed by atoms with van der Waals surface area (Å²) in [7, 11) is 1.90. The summed E-state index contributed by atoms with van der Waals surface area (Å²) in [4.78, 5) is 0. The first-order valence-corrected chi connectivity index (χ1v) is 4.84. The number of halogens is 1. The molecule has 0 fully saturated rings. The van der Waals surface area contributed by atoms with Crippen LogP contribution >= 0.6 is 11.6 Å². The fourth-order valence-corrected chi connectivity index (χ4v) is 1.48. The van der Waals surface area contributed by atoms with E-state index in [1.54, 1.807) is 0 Å². The SMILES string of the molecule is CNC1C=C(c2ccc(Cl)cc2)NN1. The molecule has 1 atom stereocenters. The van der Waals surface area contributed by atoms with Crippen molar-refractivity contribution < 1.29 is 0 Å². The molecule has 0 spiro atoms. The predicted molar refractivity (Wildman–Crippen MR) is 58.5 cm³/mol. The zero-order chi connectivity index (χ0) is 9.97. The molecule has 0 saturated heterocycles. The molecule has 1 aromatic carbocycles. The number of likely N-dealkylation sites (N-methyl/N-ethyl adjacent to an activating group) is 1. The maximum Gasteiger partial charge on any atom is 0.0958 e. The fourth-order valence-electron chi connectivity index (χ4n) is 1.36. The Morgan fingerprint density at radius 2 is 2.00 bits per heavy atom. The lowest BCUT2D eigenvalue weighted by Crippen LogP contribution is -2.39. The highest BCUT2D eigenvalue weighted by molar-refractivity contribution is 6.30. The van der Waals surface area contributed by atoms with E-state index in [0.717, 1.165) is 16.3 Å². The lowest BCUT2D eigenvalue weighted by atomic mass is 10.1. The predicted octanol–water partition coefficient (Wildman–Crippen LogP) is 1.33. The average molecular weight is 210 g/mol. The molecule has 1 unspecified atom stereocenters. The lowest BCUT2D eigenvalue weighted by Gasteiger charge is -2.06. The van der Waals surface area contributed by atoms with Gasteiger partial charge in [-0.25, -0.2) is 5.43 Å². The van der Waals surface area contributed by atoms with Gasteiger partial charge in [-0.1, -0.05) is 23.7 Å². The fraction of sp³-hybridized carbons (Fsp3) is 0.200. The van der Waals surface area contributed by atoms with Crippen LogP contribution in [-0.4, -0.2) is 13.2 Å². The van der Waals surface area contributed by atoms with Crippen LogP contribution in [0.25, 0.3) is 5.70 Å². The monoisotopic (exact) mass is 209 g/mol. The Labute approximate surface area is 88.1 Å². The van der Waals surface area contributed by atoms with Gasteiger partial charge in [0.1, 0.15) is 0 Å². The van der Waals surface area contributed by atoms with E-state index in [1.165, 1.54) is 0 Å². The molecule has 1 aliphatic rings. The minimum Gasteiger partial charge on any atom is -0.319 e. The van der Waals surface area contributed by atoms with E-state index in [-0.39, 0.29) is 6.17 Å². The Bertz CT molecular complexity index is 345. The minimum atomic E-state index is 0.181. The van der Waals surface area contributed by atoms with Gasteiger partial charge in [-0.15, -0.1) is 0 Å². The van der Waals surface area contributed by atoms with Gasteiger partial charge in [-0.05, 0) is 30.8 Å². The molecule has 0 aliphatic carbocycles. The Hall–Kier alpha value is -1.03. The van der Waals surface area contributed by atoms with Crippen LogP contribution in [0.4, 0.5) is 0 Å². The van der Waals surface area contributed by atoms with Crippen molar-refractivity contribution in [2.75, 3.05) is 7.05 Å². The molecular formula is C10H12ClN3. The summed E-state index contributed by atoms with van der Waals surface area (Å²) < 4.78 is 0. The molecule has 0 aromatic heterocycles. The molecule has 1 aliphatic heterocycles. The highest BCUT2D eigenvalue weighted by Crippen LogP contribution is 2.17. The molecule has 1 heterocycles. The van der Waals surface area contributed by atoms with Crippen LogP contribution < -0.4 is 16.2 Å². The molecule has 1 aromatic rings. The maximum absolute atomic E-state index is 5.81. The van der Waals surface area contributed by atoms with E-state index in [2.05, 4.69) is 22.2 Å². The first-order valence-electron chi connectivity index (χ1n) is 4.46. The zero-order valence-corrected chi connectivity index (χ0v) is 8.60. The second-order valence-electron chi connectivity index (χ2n) is 3.12. The Morgan fingerprint density at radius 1 is 1.29 bits per heavy atom. The number of rotatable bonds is 2. The van der Waals surface area contributed by atoms with Crippen molar-refractivity contribution in [1.29, 1.82) is 0 Å². The quantitative estimate of drug-likeness (QED) is 0.688. The molecule has 0 radical (unpaired) electrons. The van der Waals surface area contributed by atoms with Crippen molar-refractivity contribution in [3.05, 3.63) is 40.9 Å². The second-order valence-corrected chi connectivity index (χ2v) is 3.56. The van der Waals surface area contributed by atoms with Crippen LogP contribution in [0.5, 0.6) is 0 Å². The Balaban J connectivity index is 2.20. The largest absolute Gasteiger partial charge is 0.319 e. The summed E-state index contributed by atoms with van der Waals surface area (Å²) in [5, 5.41) is 3.85.